The molecule has 1 atom stereocenters. The standard InChI is InChI=1S/C36H40FN3O5S/c1-3-5-24-38-36(42)34(25-28-14-8-6-9-15-28)39(26-29-16-12-13-19-33(29)37)35(41)27-40(30-17-10-7-11-18-30)46(43,44)32-22-20-31(21-23-32)45-4-2/h6-23,34H,3-5,24-27H2,1-2H3,(H,38,42)/t34-/m1/s1. The van der Waals surface area contributed by atoms with Crippen molar-refractivity contribution in [2.75, 3.05) is 24.0 Å². The maximum absolute atomic E-state index is 15.0. The highest BCUT2D eigenvalue weighted by Gasteiger charge is 2.35. The summed E-state index contributed by atoms with van der Waals surface area (Å²) in [5.41, 5.74) is 1.27. The second-order valence-corrected chi connectivity index (χ2v) is 12.6. The summed E-state index contributed by atoms with van der Waals surface area (Å²) in [4.78, 5) is 29.4. The molecule has 0 heterocycles. The van der Waals surface area contributed by atoms with Gasteiger partial charge in [-0.2, -0.15) is 0 Å². The molecule has 0 saturated heterocycles. The number of hydrogen-bond donors (Lipinski definition) is 1. The minimum Gasteiger partial charge on any atom is -0.494 e. The molecule has 4 aromatic carbocycles. The van der Waals surface area contributed by atoms with E-state index in [1.54, 1.807) is 60.7 Å². The van der Waals surface area contributed by atoms with E-state index in [9.17, 15) is 18.0 Å². The lowest BCUT2D eigenvalue weighted by molar-refractivity contribution is -0.140. The predicted molar refractivity (Wildman–Crippen MR) is 177 cm³/mol. The topological polar surface area (TPSA) is 96.0 Å². The summed E-state index contributed by atoms with van der Waals surface area (Å²) < 4.78 is 49.8. The maximum atomic E-state index is 15.0. The second-order valence-electron chi connectivity index (χ2n) is 10.7. The molecular weight excluding hydrogens is 605 g/mol. The third-order valence-electron chi connectivity index (χ3n) is 7.44. The van der Waals surface area contributed by atoms with Gasteiger partial charge in [0.25, 0.3) is 10.0 Å². The molecule has 0 unspecified atom stereocenters. The summed E-state index contributed by atoms with van der Waals surface area (Å²) in [6, 6.07) is 28.5. The number of unbranched alkanes of at least 4 members (excludes halogenated alkanes) is 1. The van der Waals surface area contributed by atoms with E-state index in [-0.39, 0.29) is 29.1 Å². The highest BCUT2D eigenvalue weighted by Crippen LogP contribution is 2.26. The third kappa shape index (κ3) is 8.94. The van der Waals surface area contributed by atoms with Crippen molar-refractivity contribution in [3.05, 3.63) is 126 Å². The van der Waals surface area contributed by atoms with Crippen molar-refractivity contribution in [1.82, 2.24) is 10.2 Å². The molecule has 1 N–H and O–H groups in total. The average molecular weight is 646 g/mol. The number of sulfonamides is 1. The summed E-state index contributed by atoms with van der Waals surface area (Å²) in [5, 5.41) is 2.93. The van der Waals surface area contributed by atoms with E-state index in [0.717, 1.165) is 22.7 Å². The first kappa shape index (κ1) is 34.2. The van der Waals surface area contributed by atoms with Crippen molar-refractivity contribution in [2.24, 2.45) is 0 Å². The lowest BCUT2D eigenvalue weighted by atomic mass is 10.0. The highest BCUT2D eigenvalue weighted by molar-refractivity contribution is 7.92. The van der Waals surface area contributed by atoms with Crippen LogP contribution < -0.4 is 14.4 Å². The molecule has 0 aliphatic rings. The lowest BCUT2D eigenvalue weighted by Crippen LogP contribution is -2.53. The Morgan fingerprint density at radius 3 is 2.11 bits per heavy atom. The van der Waals surface area contributed by atoms with Gasteiger partial charge in [-0.15, -0.1) is 0 Å². The average Bonchev–Trinajstić information content (AvgIpc) is 3.07. The number of rotatable bonds is 16. The normalized spacial score (nSPS) is 11.8. The lowest BCUT2D eigenvalue weighted by Gasteiger charge is -2.34. The van der Waals surface area contributed by atoms with Crippen LogP contribution in [0.1, 0.15) is 37.8 Å². The Morgan fingerprint density at radius 2 is 1.48 bits per heavy atom. The Hall–Kier alpha value is -4.70. The summed E-state index contributed by atoms with van der Waals surface area (Å²) in [5.74, 6) is -1.08. The molecule has 4 aromatic rings. The fourth-order valence-corrected chi connectivity index (χ4v) is 6.41. The summed E-state index contributed by atoms with van der Waals surface area (Å²) in [6.07, 6.45) is 1.75. The van der Waals surface area contributed by atoms with E-state index in [1.807, 2.05) is 44.2 Å². The van der Waals surface area contributed by atoms with Gasteiger partial charge in [0.15, 0.2) is 0 Å². The SMILES string of the molecule is CCCCNC(=O)[C@@H](Cc1ccccc1)N(Cc1ccccc1F)C(=O)CN(c1ccccc1)S(=O)(=O)c1ccc(OCC)cc1. The number of carbonyl (C=O) groups is 2. The Bertz CT molecular complexity index is 1670. The van der Waals surface area contributed by atoms with Crippen LogP contribution in [-0.2, 0) is 32.6 Å². The molecular formula is C36H40FN3O5S. The third-order valence-corrected chi connectivity index (χ3v) is 9.23. The Labute approximate surface area is 270 Å². The van der Waals surface area contributed by atoms with Gasteiger partial charge in [-0.25, -0.2) is 12.8 Å². The van der Waals surface area contributed by atoms with Gasteiger partial charge in [0.05, 0.1) is 17.2 Å². The Balaban J connectivity index is 1.77. The van der Waals surface area contributed by atoms with E-state index in [4.69, 9.17) is 4.74 Å². The van der Waals surface area contributed by atoms with E-state index in [2.05, 4.69) is 5.32 Å². The second kappa shape index (κ2) is 16.6. The van der Waals surface area contributed by atoms with Gasteiger partial charge in [0.2, 0.25) is 11.8 Å². The molecule has 0 aromatic heterocycles. The van der Waals surface area contributed by atoms with Crippen molar-refractivity contribution < 1.29 is 27.1 Å². The first-order valence-corrected chi connectivity index (χ1v) is 16.8. The summed E-state index contributed by atoms with van der Waals surface area (Å²) >= 11 is 0. The molecule has 0 radical (unpaired) electrons. The molecule has 0 spiro atoms. The predicted octanol–water partition coefficient (Wildman–Crippen LogP) is 5.98. The number of benzene rings is 4. The van der Waals surface area contributed by atoms with Crippen molar-refractivity contribution in [1.29, 1.82) is 0 Å². The molecule has 46 heavy (non-hydrogen) atoms. The Kier molecular flexibility index (Phi) is 12.3. The van der Waals surface area contributed by atoms with Crippen LogP contribution in [0.25, 0.3) is 0 Å². The van der Waals surface area contributed by atoms with Crippen LogP contribution in [0.15, 0.2) is 114 Å². The smallest absolute Gasteiger partial charge is 0.264 e. The molecule has 2 amide bonds. The molecule has 10 heteroatoms. The fraction of sp³-hybridized carbons (Fsp3) is 0.278. The van der Waals surface area contributed by atoms with Crippen LogP contribution in [0.5, 0.6) is 5.75 Å². The van der Waals surface area contributed by atoms with Gasteiger partial charge in [-0.05, 0) is 61.4 Å². The number of amides is 2. The summed E-state index contributed by atoms with van der Waals surface area (Å²) in [7, 11) is -4.26. The van der Waals surface area contributed by atoms with Crippen molar-refractivity contribution in [2.45, 2.75) is 50.6 Å². The molecule has 0 fully saturated rings. The number of nitrogens with one attached hydrogen (secondary N) is 1. The van der Waals surface area contributed by atoms with E-state index in [0.29, 0.717) is 18.9 Å². The van der Waals surface area contributed by atoms with Gasteiger partial charge < -0.3 is 15.0 Å². The molecule has 0 saturated carbocycles. The number of para-hydroxylation sites is 1. The van der Waals surface area contributed by atoms with Crippen LogP contribution in [-0.4, -0.2) is 50.9 Å². The largest absolute Gasteiger partial charge is 0.494 e. The minimum absolute atomic E-state index is 0.0357. The van der Waals surface area contributed by atoms with Gasteiger partial charge in [0, 0.05) is 25.1 Å². The van der Waals surface area contributed by atoms with Crippen LogP contribution in [0, 0.1) is 5.82 Å². The molecule has 0 bridgehead atoms. The zero-order valence-electron chi connectivity index (χ0n) is 26.1. The first-order chi connectivity index (χ1) is 22.2. The van der Waals surface area contributed by atoms with E-state index < -0.39 is 40.2 Å². The summed E-state index contributed by atoms with van der Waals surface area (Å²) in [6.45, 7) is 3.80. The number of anilines is 1. The zero-order chi connectivity index (χ0) is 32.9. The zero-order valence-corrected chi connectivity index (χ0v) is 27.0. The van der Waals surface area contributed by atoms with Crippen molar-refractivity contribution in [3.8, 4) is 5.75 Å². The Morgan fingerprint density at radius 1 is 0.848 bits per heavy atom. The number of hydrogen-bond acceptors (Lipinski definition) is 5. The maximum Gasteiger partial charge on any atom is 0.264 e. The number of carbonyl (C=O) groups excluding carboxylic acids is 2. The number of halogens is 1. The van der Waals surface area contributed by atoms with Gasteiger partial charge in [-0.3, -0.25) is 13.9 Å². The fourth-order valence-electron chi connectivity index (χ4n) is 5.00. The van der Waals surface area contributed by atoms with E-state index in [1.165, 1.54) is 23.1 Å². The van der Waals surface area contributed by atoms with Gasteiger partial charge in [0.1, 0.15) is 24.2 Å². The van der Waals surface area contributed by atoms with E-state index >= 15 is 4.39 Å². The highest BCUT2D eigenvalue weighted by atomic mass is 32.2. The van der Waals surface area contributed by atoms with Crippen LogP contribution >= 0.6 is 0 Å². The number of ether oxygens (including phenoxy) is 1. The van der Waals surface area contributed by atoms with Crippen LogP contribution in [0.2, 0.25) is 0 Å². The van der Waals surface area contributed by atoms with Crippen molar-refractivity contribution in [3.63, 3.8) is 0 Å². The molecule has 0 aliphatic heterocycles. The molecule has 0 aliphatic carbocycles. The quantitative estimate of drug-likeness (QED) is 0.151. The minimum atomic E-state index is -4.26. The van der Waals surface area contributed by atoms with Crippen LogP contribution in [0.4, 0.5) is 10.1 Å². The van der Waals surface area contributed by atoms with Gasteiger partial charge in [-0.1, -0.05) is 80.1 Å². The van der Waals surface area contributed by atoms with Crippen LogP contribution in [0.3, 0.4) is 0 Å². The molecule has 242 valence electrons. The molecule has 8 nitrogen and oxygen atoms in total. The molecule has 4 rings (SSSR count). The van der Waals surface area contributed by atoms with Gasteiger partial charge >= 0.3 is 0 Å². The first-order valence-electron chi connectivity index (χ1n) is 15.4. The van der Waals surface area contributed by atoms with Crippen molar-refractivity contribution >= 4 is 27.5 Å². The monoisotopic (exact) mass is 645 g/mol. The number of nitrogens with zero attached hydrogens (tertiary/aromatic N) is 2.